The maximum Gasteiger partial charge on any atom is 0.416 e. The Morgan fingerprint density at radius 1 is 0.903 bits per heavy atom. The molecular formula is C23H25F6NO. The minimum Gasteiger partial charge on any atom is -0.377 e. The number of benzene rings is 2. The van der Waals surface area contributed by atoms with E-state index in [1.807, 2.05) is 30.3 Å². The zero-order valence-electron chi connectivity index (χ0n) is 17.1. The number of nitrogens with one attached hydrogen (secondary N) is 1. The van der Waals surface area contributed by atoms with Gasteiger partial charge in [-0.15, -0.1) is 0 Å². The van der Waals surface area contributed by atoms with Gasteiger partial charge in [0.25, 0.3) is 0 Å². The van der Waals surface area contributed by atoms with Crippen LogP contribution in [-0.2, 0) is 22.5 Å². The molecule has 1 fully saturated rings. The molecule has 170 valence electrons. The molecule has 0 bridgehead atoms. The van der Waals surface area contributed by atoms with Gasteiger partial charge in [0.1, 0.15) is 0 Å². The number of hydrogen-bond acceptors (Lipinski definition) is 2. The number of ether oxygens (including phenoxy) is 1. The average molecular weight is 445 g/mol. The largest absolute Gasteiger partial charge is 0.416 e. The third-order valence-electron chi connectivity index (χ3n) is 6.10. The van der Waals surface area contributed by atoms with Crippen molar-refractivity contribution < 1.29 is 31.1 Å². The van der Waals surface area contributed by atoms with E-state index >= 15 is 0 Å². The first-order valence-corrected chi connectivity index (χ1v) is 10.1. The van der Waals surface area contributed by atoms with Crippen molar-refractivity contribution in [2.75, 3.05) is 20.2 Å². The van der Waals surface area contributed by atoms with Crippen molar-refractivity contribution in [2.45, 2.75) is 49.6 Å². The van der Waals surface area contributed by atoms with Gasteiger partial charge >= 0.3 is 12.4 Å². The van der Waals surface area contributed by atoms with Crippen molar-refractivity contribution in [2.24, 2.45) is 0 Å². The standard InChI is InChI=1S/C23H25F6NO/c1-31-20(16-13-18(22(24,25)26)15-19(14-16)23(27,28)29)7-8-21(9-11-30-12-10-21)17-5-3-2-4-6-17/h2-6,13-15,20,30H,7-12H2,1H3. The molecular weight excluding hydrogens is 420 g/mol. The number of hydrogen-bond donors (Lipinski definition) is 1. The number of piperidine rings is 1. The Morgan fingerprint density at radius 2 is 1.45 bits per heavy atom. The second-order valence-corrected chi connectivity index (χ2v) is 8.00. The molecule has 2 aromatic rings. The van der Waals surface area contributed by atoms with Crippen LogP contribution in [0.3, 0.4) is 0 Å². The van der Waals surface area contributed by atoms with Gasteiger partial charge in [-0.1, -0.05) is 30.3 Å². The smallest absolute Gasteiger partial charge is 0.377 e. The maximum atomic E-state index is 13.2. The minimum absolute atomic E-state index is 0.109. The summed E-state index contributed by atoms with van der Waals surface area (Å²) in [5.74, 6) is 0. The van der Waals surface area contributed by atoms with Crippen LogP contribution in [0.25, 0.3) is 0 Å². The highest BCUT2D eigenvalue weighted by Crippen LogP contribution is 2.42. The van der Waals surface area contributed by atoms with Gasteiger partial charge in [-0.25, -0.2) is 0 Å². The zero-order valence-corrected chi connectivity index (χ0v) is 17.1. The summed E-state index contributed by atoms with van der Waals surface area (Å²) >= 11 is 0. The van der Waals surface area contributed by atoms with E-state index in [2.05, 4.69) is 5.32 Å². The zero-order chi connectivity index (χ0) is 22.7. The third-order valence-corrected chi connectivity index (χ3v) is 6.10. The molecule has 2 aromatic carbocycles. The van der Waals surface area contributed by atoms with Crippen LogP contribution in [0.4, 0.5) is 26.3 Å². The lowest BCUT2D eigenvalue weighted by molar-refractivity contribution is -0.143. The van der Waals surface area contributed by atoms with Crippen molar-refractivity contribution in [3.63, 3.8) is 0 Å². The molecule has 8 heteroatoms. The second-order valence-electron chi connectivity index (χ2n) is 8.00. The summed E-state index contributed by atoms with van der Waals surface area (Å²) < 4.78 is 84.9. The molecule has 0 aromatic heterocycles. The summed E-state index contributed by atoms with van der Waals surface area (Å²) in [4.78, 5) is 0. The van der Waals surface area contributed by atoms with Crippen LogP contribution in [-0.4, -0.2) is 20.2 Å². The molecule has 1 N–H and O–H groups in total. The predicted octanol–water partition coefficient (Wildman–Crippen LogP) is 6.51. The Labute approximate surface area is 177 Å². The van der Waals surface area contributed by atoms with E-state index in [0.29, 0.717) is 12.8 Å². The molecule has 1 saturated heterocycles. The summed E-state index contributed by atoms with van der Waals surface area (Å²) in [6.07, 6.45) is -8.06. The highest BCUT2D eigenvalue weighted by atomic mass is 19.4. The number of methoxy groups -OCH3 is 1. The quantitative estimate of drug-likeness (QED) is 0.512. The molecule has 2 nitrogen and oxygen atoms in total. The molecule has 1 aliphatic rings. The van der Waals surface area contributed by atoms with Crippen LogP contribution in [0.5, 0.6) is 0 Å². The van der Waals surface area contributed by atoms with E-state index in [1.165, 1.54) is 7.11 Å². The summed E-state index contributed by atoms with van der Waals surface area (Å²) in [7, 11) is 1.32. The maximum absolute atomic E-state index is 13.2. The Bertz CT molecular complexity index is 824. The van der Waals surface area contributed by atoms with Gasteiger partial charge in [0.15, 0.2) is 0 Å². The predicted molar refractivity (Wildman–Crippen MR) is 106 cm³/mol. The molecule has 31 heavy (non-hydrogen) atoms. The molecule has 1 unspecified atom stereocenters. The van der Waals surface area contributed by atoms with E-state index in [9.17, 15) is 26.3 Å². The van der Waals surface area contributed by atoms with Crippen molar-refractivity contribution in [3.8, 4) is 0 Å². The molecule has 0 saturated carbocycles. The summed E-state index contributed by atoms with van der Waals surface area (Å²) in [5, 5.41) is 3.31. The Morgan fingerprint density at radius 3 is 1.94 bits per heavy atom. The normalized spacial score (nSPS) is 18.0. The van der Waals surface area contributed by atoms with Crippen LogP contribution in [0.15, 0.2) is 48.5 Å². The lowest BCUT2D eigenvalue weighted by Crippen LogP contribution is -2.40. The van der Waals surface area contributed by atoms with Gasteiger partial charge in [-0.2, -0.15) is 26.3 Å². The minimum atomic E-state index is -4.88. The highest BCUT2D eigenvalue weighted by molar-refractivity contribution is 5.35. The SMILES string of the molecule is COC(CCC1(c2ccccc2)CCNCC1)c1cc(C(F)(F)F)cc(C(F)(F)F)c1. The Hall–Kier alpha value is -2.06. The third kappa shape index (κ3) is 5.60. The van der Waals surface area contributed by atoms with E-state index in [-0.39, 0.29) is 17.0 Å². The van der Waals surface area contributed by atoms with Crippen LogP contribution >= 0.6 is 0 Å². The summed E-state index contributed by atoms with van der Waals surface area (Å²) in [6.45, 7) is 1.60. The summed E-state index contributed by atoms with van der Waals surface area (Å²) in [5.41, 5.74) is -1.82. The molecule has 0 amide bonds. The van der Waals surface area contributed by atoms with E-state index in [4.69, 9.17) is 4.74 Å². The molecule has 3 rings (SSSR count). The van der Waals surface area contributed by atoms with E-state index in [1.54, 1.807) is 0 Å². The van der Waals surface area contributed by atoms with Crippen molar-refractivity contribution in [1.29, 1.82) is 0 Å². The fourth-order valence-electron chi connectivity index (χ4n) is 4.37. The number of halogens is 6. The molecule has 0 radical (unpaired) electrons. The van der Waals surface area contributed by atoms with Crippen LogP contribution < -0.4 is 5.32 Å². The monoisotopic (exact) mass is 445 g/mol. The fraction of sp³-hybridized carbons (Fsp3) is 0.478. The topological polar surface area (TPSA) is 21.3 Å². The molecule has 0 spiro atoms. The van der Waals surface area contributed by atoms with Crippen molar-refractivity contribution >= 4 is 0 Å². The highest BCUT2D eigenvalue weighted by Gasteiger charge is 2.38. The first-order chi connectivity index (χ1) is 14.5. The van der Waals surface area contributed by atoms with Crippen LogP contribution in [0.2, 0.25) is 0 Å². The van der Waals surface area contributed by atoms with Crippen LogP contribution in [0, 0.1) is 0 Å². The first-order valence-electron chi connectivity index (χ1n) is 10.1. The Balaban J connectivity index is 1.91. The van der Waals surface area contributed by atoms with Crippen LogP contribution in [0.1, 0.15) is 54.0 Å². The van der Waals surface area contributed by atoms with E-state index in [0.717, 1.165) is 43.6 Å². The summed E-state index contributed by atoms with van der Waals surface area (Å²) in [6, 6.07) is 11.5. The van der Waals surface area contributed by atoms with E-state index < -0.39 is 29.6 Å². The average Bonchev–Trinajstić information content (AvgIpc) is 2.74. The number of rotatable bonds is 6. The Kier molecular flexibility index (Phi) is 7.01. The number of alkyl halides is 6. The molecule has 1 heterocycles. The van der Waals surface area contributed by atoms with Crippen molar-refractivity contribution in [1.82, 2.24) is 5.32 Å². The lowest BCUT2D eigenvalue weighted by atomic mass is 9.69. The fourth-order valence-corrected chi connectivity index (χ4v) is 4.37. The molecule has 1 atom stereocenters. The van der Waals surface area contributed by atoms with Gasteiger partial charge in [0.05, 0.1) is 17.2 Å². The first kappa shape index (κ1) is 23.6. The molecule has 1 aliphatic heterocycles. The van der Waals surface area contributed by atoms with Crippen molar-refractivity contribution in [3.05, 3.63) is 70.8 Å². The van der Waals surface area contributed by atoms with Gasteiger partial charge in [-0.3, -0.25) is 0 Å². The lowest BCUT2D eigenvalue weighted by Gasteiger charge is -2.39. The van der Waals surface area contributed by atoms with Gasteiger partial charge in [-0.05, 0) is 73.5 Å². The second kappa shape index (κ2) is 9.20. The van der Waals surface area contributed by atoms with Gasteiger partial charge in [0.2, 0.25) is 0 Å². The molecule has 0 aliphatic carbocycles. The van der Waals surface area contributed by atoms with Gasteiger partial charge in [0, 0.05) is 7.11 Å². The van der Waals surface area contributed by atoms with Gasteiger partial charge < -0.3 is 10.1 Å².